The van der Waals surface area contributed by atoms with Crippen LogP contribution in [-0.4, -0.2) is 14.9 Å². The molecule has 0 spiro atoms. The van der Waals surface area contributed by atoms with Crippen LogP contribution in [0.4, 0.5) is 0 Å². The normalized spacial score (nSPS) is 10.9. The fraction of sp³-hybridized carbons (Fsp3) is 0.250. The Balaban J connectivity index is 2.33. The van der Waals surface area contributed by atoms with Crippen molar-refractivity contribution in [2.75, 3.05) is 0 Å². The first-order chi connectivity index (χ1) is 7.16. The van der Waals surface area contributed by atoms with Gasteiger partial charge in [-0.25, -0.2) is 0 Å². The topological polar surface area (TPSA) is 38.0 Å². The molecule has 78 valence electrons. The van der Waals surface area contributed by atoms with Crippen molar-refractivity contribution in [3.63, 3.8) is 0 Å². The van der Waals surface area contributed by atoms with Crippen molar-refractivity contribution in [3.05, 3.63) is 36.7 Å². The van der Waals surface area contributed by atoms with E-state index in [9.17, 15) is 5.11 Å². The fourth-order valence-electron chi connectivity index (χ4n) is 1.42. The molecule has 1 heterocycles. The summed E-state index contributed by atoms with van der Waals surface area (Å²) in [6, 6.07) is 7.51. The zero-order chi connectivity index (χ0) is 10.8. The maximum Gasteiger partial charge on any atom is 0.115 e. The molecule has 0 saturated carbocycles. The lowest BCUT2D eigenvalue weighted by molar-refractivity contribution is 0.475. The molecular weight excluding hydrogens is 188 g/mol. The molecule has 0 atom stereocenters. The van der Waals surface area contributed by atoms with E-state index in [1.165, 1.54) is 0 Å². The van der Waals surface area contributed by atoms with Crippen LogP contribution >= 0.6 is 0 Å². The minimum atomic E-state index is 0.287. The first-order valence-electron chi connectivity index (χ1n) is 5.00. The van der Waals surface area contributed by atoms with Gasteiger partial charge in [0.1, 0.15) is 5.75 Å². The Morgan fingerprint density at radius 1 is 1.13 bits per heavy atom. The largest absolute Gasteiger partial charge is 0.508 e. The predicted molar refractivity (Wildman–Crippen MR) is 59.7 cm³/mol. The van der Waals surface area contributed by atoms with Crippen LogP contribution in [0.15, 0.2) is 36.7 Å². The molecule has 0 bridgehead atoms. The zero-order valence-electron chi connectivity index (χ0n) is 8.88. The lowest BCUT2D eigenvalue weighted by Gasteiger charge is -2.03. The summed E-state index contributed by atoms with van der Waals surface area (Å²) in [5.41, 5.74) is 2.14. The van der Waals surface area contributed by atoms with E-state index in [1.54, 1.807) is 12.1 Å². The molecule has 2 rings (SSSR count). The number of aromatic nitrogens is 2. The van der Waals surface area contributed by atoms with Crippen LogP contribution in [0.25, 0.3) is 11.1 Å². The third kappa shape index (κ3) is 2.01. The van der Waals surface area contributed by atoms with Gasteiger partial charge in [0.15, 0.2) is 0 Å². The highest BCUT2D eigenvalue weighted by molar-refractivity contribution is 5.62. The second kappa shape index (κ2) is 3.77. The maximum atomic E-state index is 9.18. The number of rotatable bonds is 2. The SMILES string of the molecule is CC(C)n1cc(-c2ccc(O)cc2)cn1. The van der Waals surface area contributed by atoms with Gasteiger partial charge < -0.3 is 5.11 Å². The molecule has 15 heavy (non-hydrogen) atoms. The molecule has 3 heteroatoms. The van der Waals surface area contributed by atoms with Crippen LogP contribution in [0, 0.1) is 0 Å². The van der Waals surface area contributed by atoms with Gasteiger partial charge in [-0.15, -0.1) is 0 Å². The standard InChI is InChI=1S/C12H14N2O/c1-9(2)14-8-11(7-13-14)10-3-5-12(15)6-4-10/h3-9,15H,1-2H3. The summed E-state index contributed by atoms with van der Waals surface area (Å²) < 4.78 is 1.92. The molecule has 1 N–H and O–H groups in total. The maximum absolute atomic E-state index is 9.18. The lowest BCUT2D eigenvalue weighted by atomic mass is 10.1. The van der Waals surface area contributed by atoms with Gasteiger partial charge in [0, 0.05) is 17.8 Å². The van der Waals surface area contributed by atoms with Gasteiger partial charge in [-0.05, 0) is 31.5 Å². The summed E-state index contributed by atoms with van der Waals surface area (Å²) in [7, 11) is 0. The van der Waals surface area contributed by atoms with Crippen molar-refractivity contribution in [2.45, 2.75) is 19.9 Å². The Morgan fingerprint density at radius 2 is 1.80 bits per heavy atom. The van der Waals surface area contributed by atoms with E-state index in [0.29, 0.717) is 6.04 Å². The quantitative estimate of drug-likeness (QED) is 0.813. The fourth-order valence-corrected chi connectivity index (χ4v) is 1.42. The Bertz CT molecular complexity index is 443. The molecule has 0 aliphatic rings. The number of nitrogens with zero attached hydrogens (tertiary/aromatic N) is 2. The average molecular weight is 202 g/mol. The predicted octanol–water partition coefficient (Wildman–Crippen LogP) is 2.84. The molecular formula is C12H14N2O. The van der Waals surface area contributed by atoms with Crippen molar-refractivity contribution < 1.29 is 5.11 Å². The Morgan fingerprint density at radius 3 is 2.33 bits per heavy atom. The van der Waals surface area contributed by atoms with Crippen molar-refractivity contribution in [1.82, 2.24) is 9.78 Å². The Kier molecular flexibility index (Phi) is 2.46. The van der Waals surface area contributed by atoms with Crippen molar-refractivity contribution >= 4 is 0 Å². The van der Waals surface area contributed by atoms with Gasteiger partial charge >= 0.3 is 0 Å². The second-order valence-electron chi connectivity index (χ2n) is 3.85. The summed E-state index contributed by atoms with van der Waals surface area (Å²) in [6.07, 6.45) is 3.85. The molecule has 0 aliphatic carbocycles. The summed E-state index contributed by atoms with van der Waals surface area (Å²) >= 11 is 0. The number of phenols is 1. The van der Waals surface area contributed by atoms with E-state index in [1.807, 2.05) is 29.2 Å². The number of benzene rings is 1. The molecule has 0 radical (unpaired) electrons. The van der Waals surface area contributed by atoms with Gasteiger partial charge in [-0.3, -0.25) is 4.68 Å². The third-order valence-corrected chi connectivity index (χ3v) is 2.33. The monoisotopic (exact) mass is 202 g/mol. The molecule has 1 aromatic carbocycles. The van der Waals surface area contributed by atoms with Crippen LogP contribution in [0.3, 0.4) is 0 Å². The molecule has 0 unspecified atom stereocenters. The highest BCUT2D eigenvalue weighted by Gasteiger charge is 2.03. The number of aromatic hydroxyl groups is 1. The highest BCUT2D eigenvalue weighted by atomic mass is 16.3. The third-order valence-electron chi connectivity index (χ3n) is 2.33. The highest BCUT2D eigenvalue weighted by Crippen LogP contribution is 2.21. The van der Waals surface area contributed by atoms with Gasteiger partial charge in [-0.2, -0.15) is 5.10 Å². The number of hydrogen-bond donors (Lipinski definition) is 1. The Hall–Kier alpha value is -1.77. The summed E-state index contributed by atoms with van der Waals surface area (Å²) in [6.45, 7) is 4.18. The van der Waals surface area contributed by atoms with E-state index >= 15 is 0 Å². The minimum Gasteiger partial charge on any atom is -0.508 e. The molecule has 0 aliphatic heterocycles. The summed E-state index contributed by atoms with van der Waals surface area (Å²) in [5, 5.41) is 13.4. The van der Waals surface area contributed by atoms with E-state index in [2.05, 4.69) is 18.9 Å². The smallest absolute Gasteiger partial charge is 0.115 e. The molecule has 0 saturated heterocycles. The van der Waals surface area contributed by atoms with E-state index < -0.39 is 0 Å². The van der Waals surface area contributed by atoms with E-state index in [-0.39, 0.29) is 5.75 Å². The van der Waals surface area contributed by atoms with E-state index in [0.717, 1.165) is 11.1 Å². The second-order valence-corrected chi connectivity index (χ2v) is 3.85. The average Bonchev–Trinajstić information content (AvgIpc) is 2.68. The van der Waals surface area contributed by atoms with E-state index in [4.69, 9.17) is 0 Å². The minimum absolute atomic E-state index is 0.287. The van der Waals surface area contributed by atoms with Gasteiger partial charge in [0.05, 0.1) is 6.20 Å². The van der Waals surface area contributed by atoms with Crippen LogP contribution in [0.2, 0.25) is 0 Å². The Labute approximate surface area is 89.0 Å². The number of hydrogen-bond acceptors (Lipinski definition) is 2. The number of phenolic OH excluding ortho intramolecular Hbond substituents is 1. The van der Waals surface area contributed by atoms with Gasteiger partial charge in [0.25, 0.3) is 0 Å². The van der Waals surface area contributed by atoms with Gasteiger partial charge in [0.2, 0.25) is 0 Å². The van der Waals surface area contributed by atoms with Crippen LogP contribution in [0.1, 0.15) is 19.9 Å². The first-order valence-corrected chi connectivity index (χ1v) is 5.00. The summed E-state index contributed by atoms with van der Waals surface area (Å²) in [4.78, 5) is 0. The van der Waals surface area contributed by atoms with Crippen molar-refractivity contribution in [3.8, 4) is 16.9 Å². The van der Waals surface area contributed by atoms with Gasteiger partial charge in [-0.1, -0.05) is 12.1 Å². The molecule has 1 aromatic heterocycles. The first kappa shape index (κ1) is 9.77. The van der Waals surface area contributed by atoms with Crippen molar-refractivity contribution in [2.24, 2.45) is 0 Å². The zero-order valence-corrected chi connectivity index (χ0v) is 8.88. The van der Waals surface area contributed by atoms with Crippen molar-refractivity contribution in [1.29, 1.82) is 0 Å². The summed E-state index contributed by atoms with van der Waals surface area (Å²) in [5.74, 6) is 0.287. The van der Waals surface area contributed by atoms with Crippen LogP contribution in [-0.2, 0) is 0 Å². The van der Waals surface area contributed by atoms with Crippen LogP contribution in [0.5, 0.6) is 5.75 Å². The molecule has 0 amide bonds. The lowest BCUT2D eigenvalue weighted by Crippen LogP contribution is -1.99. The van der Waals surface area contributed by atoms with Crippen LogP contribution < -0.4 is 0 Å². The molecule has 3 nitrogen and oxygen atoms in total. The molecule has 2 aromatic rings. The molecule has 0 fully saturated rings.